The molecule has 1 aliphatic heterocycles. The van der Waals surface area contributed by atoms with Crippen molar-refractivity contribution in [3.63, 3.8) is 0 Å². The molecule has 1 atom stereocenters. The van der Waals surface area contributed by atoms with Gasteiger partial charge in [-0.25, -0.2) is 13.8 Å². The van der Waals surface area contributed by atoms with Crippen LogP contribution in [0.4, 0.5) is 14.6 Å². The Kier molecular flexibility index (Phi) is 7.55. The lowest BCUT2D eigenvalue weighted by atomic mass is 10.2. The fraction of sp³-hybridized carbons (Fsp3) is 0.333. The van der Waals surface area contributed by atoms with Crippen molar-refractivity contribution >= 4 is 35.8 Å². The molecule has 0 aliphatic carbocycles. The molecule has 140 valence electrons. The van der Waals surface area contributed by atoms with E-state index < -0.39 is 0 Å². The van der Waals surface area contributed by atoms with Gasteiger partial charge in [-0.05, 0) is 36.2 Å². The van der Waals surface area contributed by atoms with Crippen molar-refractivity contribution < 1.29 is 8.78 Å². The molecule has 0 bridgehead atoms. The maximum absolute atomic E-state index is 13.8. The van der Waals surface area contributed by atoms with Gasteiger partial charge in [-0.2, -0.15) is 0 Å². The van der Waals surface area contributed by atoms with Crippen LogP contribution in [-0.4, -0.2) is 37.1 Å². The van der Waals surface area contributed by atoms with Crippen molar-refractivity contribution in [3.8, 4) is 0 Å². The lowest BCUT2D eigenvalue weighted by molar-refractivity contribution is 0.612. The molecule has 1 unspecified atom stereocenters. The first kappa shape index (κ1) is 20.3. The molecule has 8 heteroatoms. The van der Waals surface area contributed by atoms with E-state index in [1.807, 2.05) is 11.0 Å². The molecule has 0 radical (unpaired) electrons. The minimum atomic E-state index is -0.309. The highest BCUT2D eigenvalue weighted by Crippen LogP contribution is 2.20. The van der Waals surface area contributed by atoms with E-state index in [1.165, 1.54) is 18.2 Å². The van der Waals surface area contributed by atoms with Crippen LogP contribution in [0.2, 0.25) is 0 Å². The van der Waals surface area contributed by atoms with Gasteiger partial charge in [0.25, 0.3) is 0 Å². The van der Waals surface area contributed by atoms with Crippen LogP contribution in [0.25, 0.3) is 0 Å². The highest BCUT2D eigenvalue weighted by molar-refractivity contribution is 14.0. The molecule has 1 fully saturated rings. The van der Waals surface area contributed by atoms with E-state index >= 15 is 0 Å². The van der Waals surface area contributed by atoms with Crippen LogP contribution in [0.3, 0.4) is 0 Å². The zero-order valence-electron chi connectivity index (χ0n) is 14.5. The smallest absolute Gasteiger partial charge is 0.191 e. The van der Waals surface area contributed by atoms with Crippen molar-refractivity contribution in [2.75, 3.05) is 25.0 Å². The number of guanidine groups is 1. The Balaban J connectivity index is 0.00000243. The number of aliphatic imine (C=N–C) groups is 1. The highest BCUT2D eigenvalue weighted by Gasteiger charge is 2.25. The fourth-order valence-corrected chi connectivity index (χ4v) is 2.90. The summed E-state index contributed by atoms with van der Waals surface area (Å²) < 4.78 is 27.1. The number of hydrogen-bond donors (Lipinski definition) is 2. The number of halogens is 3. The molecule has 2 heterocycles. The minimum absolute atomic E-state index is 0. The van der Waals surface area contributed by atoms with Crippen LogP contribution in [-0.2, 0) is 6.54 Å². The molecule has 0 spiro atoms. The quantitative estimate of drug-likeness (QED) is 0.408. The standard InChI is InChI=1S/C18H21F2N5.HI/c1-21-18(23-11-13-4-2-5-14(19)10-13)24-15-7-9-25(12-15)17-16(20)6-3-8-22-17;/h2-6,8,10,15H,7,9,11-12H2,1H3,(H2,21,23,24);1H. The Labute approximate surface area is 168 Å². The van der Waals surface area contributed by atoms with Gasteiger partial charge in [-0.15, -0.1) is 24.0 Å². The van der Waals surface area contributed by atoms with Gasteiger partial charge in [0.05, 0.1) is 0 Å². The van der Waals surface area contributed by atoms with E-state index in [1.54, 1.807) is 25.4 Å². The number of rotatable bonds is 4. The third-order valence-electron chi connectivity index (χ3n) is 4.14. The molecule has 1 aromatic heterocycles. The van der Waals surface area contributed by atoms with Crippen LogP contribution in [0.15, 0.2) is 47.6 Å². The number of pyridine rings is 1. The molecular weight excluding hydrogens is 451 g/mol. The van der Waals surface area contributed by atoms with Crippen molar-refractivity contribution in [1.29, 1.82) is 0 Å². The molecule has 2 N–H and O–H groups in total. The lowest BCUT2D eigenvalue weighted by Gasteiger charge is -2.20. The molecular formula is C18H22F2IN5. The second kappa shape index (κ2) is 9.65. The summed E-state index contributed by atoms with van der Waals surface area (Å²) in [6.45, 7) is 1.85. The van der Waals surface area contributed by atoms with Crippen molar-refractivity contribution in [1.82, 2.24) is 15.6 Å². The first-order chi connectivity index (χ1) is 12.2. The summed E-state index contributed by atoms with van der Waals surface area (Å²) in [5.41, 5.74) is 0.839. The van der Waals surface area contributed by atoms with Crippen LogP contribution < -0.4 is 15.5 Å². The predicted octanol–water partition coefficient (Wildman–Crippen LogP) is 2.92. The van der Waals surface area contributed by atoms with Gasteiger partial charge in [-0.3, -0.25) is 4.99 Å². The Bertz CT molecular complexity index is 756. The summed E-state index contributed by atoms with van der Waals surface area (Å²) in [5.74, 6) is 0.454. The second-order valence-electron chi connectivity index (χ2n) is 5.94. The van der Waals surface area contributed by atoms with Crippen LogP contribution in [0, 0.1) is 11.6 Å². The Morgan fingerprint density at radius 3 is 2.88 bits per heavy atom. The number of hydrogen-bond acceptors (Lipinski definition) is 3. The van der Waals surface area contributed by atoms with Crippen molar-refractivity contribution in [2.24, 2.45) is 4.99 Å². The molecule has 2 aromatic rings. The largest absolute Gasteiger partial charge is 0.352 e. The third-order valence-corrected chi connectivity index (χ3v) is 4.14. The molecule has 1 aliphatic rings. The van der Waals surface area contributed by atoms with E-state index in [-0.39, 0.29) is 41.7 Å². The summed E-state index contributed by atoms with van der Waals surface area (Å²) in [6, 6.07) is 9.58. The third kappa shape index (κ3) is 5.26. The van der Waals surface area contributed by atoms with E-state index in [9.17, 15) is 8.78 Å². The fourth-order valence-electron chi connectivity index (χ4n) is 2.90. The average molecular weight is 473 g/mol. The molecule has 3 rings (SSSR count). The van der Waals surface area contributed by atoms with Gasteiger partial charge in [0.2, 0.25) is 0 Å². The van der Waals surface area contributed by atoms with Gasteiger partial charge in [-0.1, -0.05) is 12.1 Å². The zero-order chi connectivity index (χ0) is 17.6. The Hall–Kier alpha value is -1.97. The van der Waals surface area contributed by atoms with Crippen LogP contribution >= 0.6 is 24.0 Å². The van der Waals surface area contributed by atoms with Gasteiger partial charge in [0, 0.05) is 38.9 Å². The summed E-state index contributed by atoms with van der Waals surface area (Å²) in [7, 11) is 1.69. The first-order valence-corrected chi connectivity index (χ1v) is 8.23. The average Bonchev–Trinajstić information content (AvgIpc) is 3.07. The number of aromatic nitrogens is 1. The molecule has 0 amide bonds. The van der Waals surface area contributed by atoms with Crippen molar-refractivity contribution in [2.45, 2.75) is 19.0 Å². The van der Waals surface area contributed by atoms with E-state index in [0.29, 0.717) is 24.9 Å². The van der Waals surface area contributed by atoms with Crippen molar-refractivity contribution in [3.05, 3.63) is 59.8 Å². The summed E-state index contributed by atoms with van der Waals surface area (Å²) >= 11 is 0. The highest BCUT2D eigenvalue weighted by atomic mass is 127. The SMILES string of the molecule is CN=C(NCc1cccc(F)c1)NC1CCN(c2ncccc2F)C1.I. The first-order valence-electron chi connectivity index (χ1n) is 8.23. The number of nitrogens with zero attached hydrogens (tertiary/aromatic N) is 3. The van der Waals surface area contributed by atoms with E-state index in [4.69, 9.17) is 0 Å². The lowest BCUT2D eigenvalue weighted by Crippen LogP contribution is -2.44. The molecule has 1 aromatic carbocycles. The molecule has 26 heavy (non-hydrogen) atoms. The second-order valence-corrected chi connectivity index (χ2v) is 5.94. The summed E-state index contributed by atoms with van der Waals surface area (Å²) in [5, 5.41) is 6.49. The topological polar surface area (TPSA) is 52.6 Å². The maximum atomic E-state index is 13.8. The van der Waals surface area contributed by atoms with Gasteiger partial charge >= 0.3 is 0 Å². The minimum Gasteiger partial charge on any atom is -0.352 e. The molecule has 5 nitrogen and oxygen atoms in total. The number of benzene rings is 1. The number of anilines is 1. The van der Waals surface area contributed by atoms with Gasteiger partial charge in [0.1, 0.15) is 5.82 Å². The van der Waals surface area contributed by atoms with Gasteiger partial charge < -0.3 is 15.5 Å². The van der Waals surface area contributed by atoms with Crippen LogP contribution in [0.1, 0.15) is 12.0 Å². The molecule has 0 saturated carbocycles. The van der Waals surface area contributed by atoms with Gasteiger partial charge in [0.15, 0.2) is 17.6 Å². The summed E-state index contributed by atoms with van der Waals surface area (Å²) in [4.78, 5) is 10.2. The maximum Gasteiger partial charge on any atom is 0.191 e. The molecule has 1 saturated heterocycles. The number of nitrogens with one attached hydrogen (secondary N) is 2. The van der Waals surface area contributed by atoms with E-state index in [2.05, 4.69) is 20.6 Å². The van der Waals surface area contributed by atoms with Crippen LogP contribution in [0.5, 0.6) is 0 Å². The Morgan fingerprint density at radius 2 is 2.15 bits per heavy atom. The normalized spacial score (nSPS) is 17.0. The van der Waals surface area contributed by atoms with E-state index in [0.717, 1.165) is 18.5 Å². The Morgan fingerprint density at radius 1 is 1.31 bits per heavy atom. The summed E-state index contributed by atoms with van der Waals surface area (Å²) in [6.07, 6.45) is 2.45. The monoisotopic (exact) mass is 473 g/mol. The zero-order valence-corrected chi connectivity index (χ0v) is 16.8. The predicted molar refractivity (Wildman–Crippen MR) is 110 cm³/mol.